The molecule has 4 nitrogen and oxygen atoms in total. The smallest absolute Gasteiger partial charge is 0.184 e. The Balaban J connectivity index is 1.54. The summed E-state index contributed by atoms with van der Waals surface area (Å²) in [5.74, 6) is 3.72. The number of nitrogens with one attached hydrogen (secondary N) is 1. The molecule has 6 rings (SSSR count). The van der Waals surface area contributed by atoms with Crippen molar-refractivity contribution in [3.05, 3.63) is 17.4 Å². The summed E-state index contributed by atoms with van der Waals surface area (Å²) in [4.78, 5) is 9.15. The lowest BCUT2D eigenvalue weighted by molar-refractivity contribution is -0.00689. The normalized spacial score (nSPS) is 38.5. The Morgan fingerprint density at radius 1 is 1.10 bits per heavy atom. The molecule has 1 N–H and O–H groups in total. The molecule has 4 saturated carbocycles. The second-order valence-electron chi connectivity index (χ2n) is 7.07. The van der Waals surface area contributed by atoms with Crippen molar-refractivity contribution in [1.82, 2.24) is 20.2 Å². The summed E-state index contributed by atoms with van der Waals surface area (Å²) in [7, 11) is 0. The molecule has 2 aromatic heterocycles. The van der Waals surface area contributed by atoms with Crippen molar-refractivity contribution >= 4 is 11.3 Å². The molecule has 4 bridgehead atoms. The van der Waals surface area contributed by atoms with Crippen molar-refractivity contribution in [3.8, 4) is 10.8 Å². The fraction of sp³-hybridized carbons (Fsp3) is 0.667. The van der Waals surface area contributed by atoms with Gasteiger partial charge >= 0.3 is 0 Å². The van der Waals surface area contributed by atoms with E-state index in [0.29, 0.717) is 5.41 Å². The number of aromatic nitrogens is 4. The van der Waals surface area contributed by atoms with Crippen LogP contribution in [0, 0.1) is 17.8 Å². The lowest BCUT2D eigenvalue weighted by atomic mass is 9.49. The number of hydrogen-bond acceptors (Lipinski definition) is 4. The Labute approximate surface area is 122 Å². The standard InChI is InChI=1S/C15H18N4S/c1-9-2-11-3-10(1)5-15(4-9,6-11)12-7-20-14(18-12)13-16-8-17-19-13/h7-11H,1-6H2,(H,16,17,19). The van der Waals surface area contributed by atoms with Crippen LogP contribution in [0.5, 0.6) is 0 Å². The molecule has 4 aliphatic carbocycles. The number of nitrogens with zero attached hydrogens (tertiary/aromatic N) is 3. The third kappa shape index (κ3) is 1.56. The van der Waals surface area contributed by atoms with E-state index in [2.05, 4.69) is 20.6 Å². The summed E-state index contributed by atoms with van der Waals surface area (Å²) in [6.07, 6.45) is 10.1. The van der Waals surface area contributed by atoms with Crippen LogP contribution in [-0.2, 0) is 5.41 Å². The number of hydrogen-bond donors (Lipinski definition) is 1. The number of thiazole rings is 1. The minimum absolute atomic E-state index is 0.392. The molecule has 0 aromatic carbocycles. The second kappa shape index (κ2) is 3.91. The van der Waals surface area contributed by atoms with E-state index >= 15 is 0 Å². The first-order chi connectivity index (χ1) is 9.81. The van der Waals surface area contributed by atoms with Gasteiger partial charge in [0.2, 0.25) is 0 Å². The van der Waals surface area contributed by atoms with Gasteiger partial charge < -0.3 is 0 Å². The van der Waals surface area contributed by atoms with Gasteiger partial charge in [0.25, 0.3) is 0 Å². The molecule has 0 spiro atoms. The Hall–Kier alpha value is -1.23. The minimum Gasteiger partial charge on any atom is -0.257 e. The average molecular weight is 286 g/mol. The summed E-state index contributed by atoms with van der Waals surface area (Å²) in [5.41, 5.74) is 1.73. The first-order valence-corrected chi connectivity index (χ1v) is 8.50. The quantitative estimate of drug-likeness (QED) is 0.920. The number of H-pyrrole nitrogens is 1. The van der Waals surface area contributed by atoms with Crippen molar-refractivity contribution in [3.63, 3.8) is 0 Å². The summed E-state index contributed by atoms with van der Waals surface area (Å²) >= 11 is 1.71. The maximum Gasteiger partial charge on any atom is 0.184 e. The highest BCUT2D eigenvalue weighted by molar-refractivity contribution is 7.13. The van der Waals surface area contributed by atoms with Gasteiger partial charge in [0.1, 0.15) is 6.33 Å². The predicted octanol–water partition coefficient (Wildman–Crippen LogP) is 3.40. The molecule has 20 heavy (non-hydrogen) atoms. The largest absolute Gasteiger partial charge is 0.257 e. The average Bonchev–Trinajstić information content (AvgIpc) is 3.09. The molecule has 4 aliphatic rings. The van der Waals surface area contributed by atoms with Gasteiger partial charge in [-0.25, -0.2) is 9.97 Å². The highest BCUT2D eigenvalue weighted by atomic mass is 32.1. The molecule has 0 amide bonds. The van der Waals surface area contributed by atoms with E-state index in [4.69, 9.17) is 4.98 Å². The predicted molar refractivity (Wildman–Crippen MR) is 77.3 cm³/mol. The van der Waals surface area contributed by atoms with Gasteiger partial charge in [-0.05, 0) is 56.3 Å². The van der Waals surface area contributed by atoms with Crippen molar-refractivity contribution in [2.75, 3.05) is 0 Å². The Kier molecular flexibility index (Phi) is 2.23. The molecule has 2 aromatic rings. The molecule has 0 unspecified atom stereocenters. The van der Waals surface area contributed by atoms with E-state index in [1.54, 1.807) is 17.7 Å². The SMILES string of the molecule is c1n[nH]c(-c2nc(C34CC5CC(CC(C5)C3)C4)cs2)n1. The monoisotopic (exact) mass is 286 g/mol. The number of aromatic amines is 1. The molecule has 0 saturated heterocycles. The van der Waals surface area contributed by atoms with E-state index in [9.17, 15) is 0 Å². The van der Waals surface area contributed by atoms with Crippen LogP contribution in [-0.4, -0.2) is 20.2 Å². The maximum atomic E-state index is 4.93. The third-order valence-corrected chi connectivity index (χ3v) is 6.55. The van der Waals surface area contributed by atoms with E-state index in [-0.39, 0.29) is 0 Å². The van der Waals surface area contributed by atoms with Crippen LogP contribution < -0.4 is 0 Å². The summed E-state index contributed by atoms with van der Waals surface area (Å²) in [6.45, 7) is 0. The molecule has 5 heteroatoms. The van der Waals surface area contributed by atoms with Crippen LogP contribution in [0.15, 0.2) is 11.7 Å². The molecule has 0 radical (unpaired) electrons. The van der Waals surface area contributed by atoms with Crippen LogP contribution >= 0.6 is 11.3 Å². The molecule has 104 valence electrons. The van der Waals surface area contributed by atoms with Crippen molar-refractivity contribution < 1.29 is 0 Å². The van der Waals surface area contributed by atoms with Gasteiger partial charge in [-0.15, -0.1) is 11.3 Å². The lowest BCUT2D eigenvalue weighted by Gasteiger charge is -2.56. The molecule has 0 aliphatic heterocycles. The zero-order valence-corrected chi connectivity index (χ0v) is 12.2. The fourth-order valence-electron chi connectivity index (χ4n) is 5.36. The lowest BCUT2D eigenvalue weighted by Crippen LogP contribution is -2.48. The Bertz CT molecular complexity index is 595. The molecular formula is C15H18N4S. The Morgan fingerprint density at radius 2 is 1.80 bits per heavy atom. The summed E-state index contributed by atoms with van der Waals surface area (Å²) in [6, 6.07) is 0. The van der Waals surface area contributed by atoms with E-state index in [0.717, 1.165) is 28.6 Å². The summed E-state index contributed by atoms with van der Waals surface area (Å²) in [5, 5.41) is 10.1. The highest BCUT2D eigenvalue weighted by Gasteiger charge is 2.52. The zero-order chi connectivity index (χ0) is 13.2. The second-order valence-corrected chi connectivity index (χ2v) is 7.93. The van der Waals surface area contributed by atoms with E-state index in [1.165, 1.54) is 44.2 Å². The molecule has 4 fully saturated rings. The first kappa shape index (κ1) is 11.4. The van der Waals surface area contributed by atoms with Crippen molar-refractivity contribution in [2.24, 2.45) is 17.8 Å². The van der Waals surface area contributed by atoms with Gasteiger partial charge in [0, 0.05) is 10.8 Å². The zero-order valence-electron chi connectivity index (χ0n) is 11.4. The van der Waals surface area contributed by atoms with Crippen LogP contribution in [0.2, 0.25) is 0 Å². The molecule has 0 atom stereocenters. The minimum atomic E-state index is 0.392. The van der Waals surface area contributed by atoms with Crippen molar-refractivity contribution in [1.29, 1.82) is 0 Å². The van der Waals surface area contributed by atoms with Gasteiger partial charge in [-0.1, -0.05) is 0 Å². The number of rotatable bonds is 2. The highest BCUT2D eigenvalue weighted by Crippen LogP contribution is 2.60. The van der Waals surface area contributed by atoms with Gasteiger partial charge in [-0.2, -0.15) is 5.10 Å². The fourth-order valence-corrected chi connectivity index (χ4v) is 6.25. The van der Waals surface area contributed by atoms with Crippen LogP contribution in [0.25, 0.3) is 10.8 Å². The van der Waals surface area contributed by atoms with Crippen LogP contribution in [0.1, 0.15) is 44.2 Å². The first-order valence-electron chi connectivity index (χ1n) is 7.62. The van der Waals surface area contributed by atoms with Crippen molar-refractivity contribution in [2.45, 2.75) is 43.9 Å². The van der Waals surface area contributed by atoms with Gasteiger partial charge in [0.15, 0.2) is 10.8 Å². The maximum absolute atomic E-state index is 4.93. The van der Waals surface area contributed by atoms with Gasteiger partial charge in [-0.3, -0.25) is 5.10 Å². The van der Waals surface area contributed by atoms with Crippen LogP contribution in [0.3, 0.4) is 0 Å². The van der Waals surface area contributed by atoms with E-state index in [1.807, 2.05) is 0 Å². The molecular weight excluding hydrogens is 268 g/mol. The van der Waals surface area contributed by atoms with Crippen LogP contribution in [0.4, 0.5) is 0 Å². The summed E-state index contributed by atoms with van der Waals surface area (Å²) < 4.78 is 0. The van der Waals surface area contributed by atoms with E-state index < -0.39 is 0 Å². The molecule has 2 heterocycles. The topological polar surface area (TPSA) is 54.5 Å². The Morgan fingerprint density at radius 3 is 2.40 bits per heavy atom. The van der Waals surface area contributed by atoms with Gasteiger partial charge in [0.05, 0.1) is 5.69 Å². The third-order valence-electron chi connectivity index (χ3n) is 5.70.